The summed E-state index contributed by atoms with van der Waals surface area (Å²) in [6, 6.07) is 14.5. The average Bonchev–Trinajstić information content (AvgIpc) is 2.69. The van der Waals surface area contributed by atoms with Gasteiger partial charge < -0.3 is 14.9 Å². The third kappa shape index (κ3) is 5.04. The molecule has 1 heterocycles. The predicted molar refractivity (Wildman–Crippen MR) is 112 cm³/mol. The van der Waals surface area contributed by atoms with Crippen LogP contribution in [0.15, 0.2) is 42.5 Å². The number of aliphatic hydroxyl groups excluding tert-OH is 1. The molecule has 1 saturated heterocycles. The number of phenols is 1. The van der Waals surface area contributed by atoms with Gasteiger partial charge in [0.25, 0.3) is 0 Å². The Morgan fingerprint density at radius 2 is 1.82 bits per heavy atom. The van der Waals surface area contributed by atoms with E-state index in [4.69, 9.17) is 4.74 Å². The Bertz CT molecular complexity index is 765. The van der Waals surface area contributed by atoms with E-state index in [1.165, 1.54) is 11.1 Å². The van der Waals surface area contributed by atoms with Crippen molar-refractivity contribution in [1.82, 2.24) is 9.80 Å². The van der Waals surface area contributed by atoms with Crippen LogP contribution in [0.25, 0.3) is 0 Å². The number of aryl methyl sites for hydroxylation is 1. The minimum atomic E-state index is 0.188. The Morgan fingerprint density at radius 1 is 1.04 bits per heavy atom. The summed E-state index contributed by atoms with van der Waals surface area (Å²) in [6.07, 6.45) is 0.757. The molecule has 1 aliphatic rings. The summed E-state index contributed by atoms with van der Waals surface area (Å²) >= 11 is 0. The van der Waals surface area contributed by atoms with Gasteiger partial charge in [-0.15, -0.1) is 0 Å². The highest BCUT2D eigenvalue weighted by atomic mass is 16.5. The van der Waals surface area contributed by atoms with Crippen molar-refractivity contribution < 1.29 is 14.9 Å². The van der Waals surface area contributed by atoms with E-state index in [0.717, 1.165) is 38.2 Å². The fourth-order valence-electron chi connectivity index (χ4n) is 3.95. The number of piperazine rings is 1. The molecule has 0 amide bonds. The quantitative estimate of drug-likeness (QED) is 0.732. The fourth-order valence-corrected chi connectivity index (χ4v) is 3.95. The van der Waals surface area contributed by atoms with Gasteiger partial charge in [-0.3, -0.25) is 9.80 Å². The molecule has 0 aromatic heterocycles. The van der Waals surface area contributed by atoms with Crippen LogP contribution >= 0.6 is 0 Å². The maximum Gasteiger partial charge on any atom is 0.162 e. The molecule has 2 aromatic rings. The molecule has 0 bridgehead atoms. The summed E-state index contributed by atoms with van der Waals surface area (Å²) in [4.78, 5) is 4.84. The highest BCUT2D eigenvalue weighted by Crippen LogP contribution is 2.31. The fraction of sp³-hybridized carbons (Fsp3) is 0.478. The van der Waals surface area contributed by atoms with Crippen LogP contribution in [0, 0.1) is 6.92 Å². The predicted octanol–water partition coefficient (Wildman–Crippen LogP) is 3.17. The summed E-state index contributed by atoms with van der Waals surface area (Å²) in [6.45, 7) is 9.16. The van der Waals surface area contributed by atoms with Gasteiger partial charge in [0.1, 0.15) is 0 Å². The topological polar surface area (TPSA) is 56.2 Å². The van der Waals surface area contributed by atoms with Gasteiger partial charge in [-0.1, -0.05) is 36.4 Å². The number of para-hydroxylation sites is 1. The summed E-state index contributed by atoms with van der Waals surface area (Å²) in [5.74, 6) is 0.787. The maximum absolute atomic E-state index is 10.5. The molecule has 3 rings (SSSR count). The van der Waals surface area contributed by atoms with E-state index in [0.29, 0.717) is 24.9 Å². The number of aliphatic hydroxyl groups is 1. The van der Waals surface area contributed by atoms with Crippen molar-refractivity contribution in [3.8, 4) is 11.5 Å². The lowest BCUT2D eigenvalue weighted by atomic mass is 10.0. The lowest BCUT2D eigenvalue weighted by Gasteiger charge is -2.41. The number of hydrogen-bond acceptors (Lipinski definition) is 5. The second kappa shape index (κ2) is 9.92. The van der Waals surface area contributed by atoms with Crippen LogP contribution in [-0.2, 0) is 13.1 Å². The minimum absolute atomic E-state index is 0.188. The van der Waals surface area contributed by atoms with Crippen molar-refractivity contribution in [3.05, 3.63) is 59.2 Å². The molecule has 28 heavy (non-hydrogen) atoms. The van der Waals surface area contributed by atoms with Gasteiger partial charge >= 0.3 is 0 Å². The molecule has 1 atom stereocenters. The second-order valence-corrected chi connectivity index (χ2v) is 7.50. The van der Waals surface area contributed by atoms with Gasteiger partial charge in [-0.2, -0.15) is 0 Å². The van der Waals surface area contributed by atoms with Gasteiger partial charge in [0.2, 0.25) is 0 Å². The third-order valence-corrected chi connectivity index (χ3v) is 5.56. The first-order valence-corrected chi connectivity index (χ1v) is 10.2. The number of rotatable bonds is 8. The largest absolute Gasteiger partial charge is 0.504 e. The zero-order valence-corrected chi connectivity index (χ0v) is 17.0. The number of nitrogens with zero attached hydrogens (tertiary/aromatic N) is 2. The van der Waals surface area contributed by atoms with E-state index in [1.54, 1.807) is 6.07 Å². The lowest BCUT2D eigenvalue weighted by molar-refractivity contribution is 0.0495. The number of aromatic hydroxyl groups is 1. The number of ether oxygens (including phenoxy) is 1. The first-order chi connectivity index (χ1) is 13.6. The first kappa shape index (κ1) is 20.6. The molecule has 0 spiro atoms. The molecular weight excluding hydrogens is 352 g/mol. The third-order valence-electron chi connectivity index (χ3n) is 5.56. The Kier molecular flexibility index (Phi) is 7.31. The van der Waals surface area contributed by atoms with Crippen molar-refractivity contribution in [2.24, 2.45) is 0 Å². The molecule has 0 saturated carbocycles. The summed E-state index contributed by atoms with van der Waals surface area (Å²) in [5.41, 5.74) is 3.55. The zero-order valence-electron chi connectivity index (χ0n) is 17.0. The van der Waals surface area contributed by atoms with Crippen molar-refractivity contribution >= 4 is 0 Å². The van der Waals surface area contributed by atoms with Crippen LogP contribution in [0.2, 0.25) is 0 Å². The number of phenolic OH excluding ortho intramolecular Hbond substituents is 1. The number of hydrogen-bond donors (Lipinski definition) is 2. The van der Waals surface area contributed by atoms with Gasteiger partial charge in [0.05, 0.1) is 6.61 Å². The smallest absolute Gasteiger partial charge is 0.162 e. The van der Waals surface area contributed by atoms with E-state index in [-0.39, 0.29) is 12.4 Å². The van der Waals surface area contributed by atoms with Crippen molar-refractivity contribution in [2.45, 2.75) is 39.4 Å². The van der Waals surface area contributed by atoms with E-state index in [2.05, 4.69) is 41.0 Å². The SMILES string of the molecule is CCOc1cccc(CN2CCN(Cc3ccccc3C)C(CCO)C2)c1O. The van der Waals surface area contributed by atoms with Crippen LogP contribution < -0.4 is 4.74 Å². The standard InChI is InChI=1S/C23H32N2O3/c1-3-28-22-10-6-9-20(23(22)27)15-24-12-13-25(21(17-24)11-14-26)16-19-8-5-4-7-18(19)2/h4-10,21,26-27H,3,11-17H2,1-2H3. The summed E-state index contributed by atoms with van der Waals surface area (Å²) in [5, 5.41) is 20.1. The highest BCUT2D eigenvalue weighted by molar-refractivity contribution is 5.45. The van der Waals surface area contributed by atoms with E-state index < -0.39 is 0 Å². The van der Waals surface area contributed by atoms with Gasteiger partial charge in [-0.05, 0) is 37.5 Å². The zero-order chi connectivity index (χ0) is 19.9. The van der Waals surface area contributed by atoms with E-state index in [9.17, 15) is 10.2 Å². The van der Waals surface area contributed by atoms with Crippen molar-refractivity contribution in [1.29, 1.82) is 0 Å². The Morgan fingerprint density at radius 3 is 2.57 bits per heavy atom. The van der Waals surface area contributed by atoms with E-state index >= 15 is 0 Å². The normalized spacial score (nSPS) is 18.3. The van der Waals surface area contributed by atoms with Crippen LogP contribution in [0.1, 0.15) is 30.0 Å². The van der Waals surface area contributed by atoms with Crippen molar-refractivity contribution in [2.75, 3.05) is 32.8 Å². The average molecular weight is 385 g/mol. The van der Waals surface area contributed by atoms with E-state index in [1.807, 2.05) is 19.1 Å². The summed E-state index contributed by atoms with van der Waals surface area (Å²) < 4.78 is 5.51. The number of benzene rings is 2. The van der Waals surface area contributed by atoms with Crippen LogP contribution in [0.4, 0.5) is 0 Å². The molecule has 0 radical (unpaired) electrons. The maximum atomic E-state index is 10.5. The Labute approximate surface area is 168 Å². The van der Waals surface area contributed by atoms with Gasteiger partial charge in [0, 0.05) is 50.9 Å². The molecule has 152 valence electrons. The van der Waals surface area contributed by atoms with Gasteiger partial charge in [-0.25, -0.2) is 0 Å². The van der Waals surface area contributed by atoms with Crippen LogP contribution in [0.3, 0.4) is 0 Å². The molecule has 1 fully saturated rings. The summed E-state index contributed by atoms with van der Waals surface area (Å²) in [7, 11) is 0. The van der Waals surface area contributed by atoms with Gasteiger partial charge in [0.15, 0.2) is 11.5 Å². The molecule has 0 aliphatic carbocycles. The molecule has 2 N–H and O–H groups in total. The Balaban J connectivity index is 1.67. The molecule has 5 heteroatoms. The monoisotopic (exact) mass is 384 g/mol. The molecular formula is C23H32N2O3. The highest BCUT2D eigenvalue weighted by Gasteiger charge is 2.27. The van der Waals surface area contributed by atoms with Crippen LogP contribution in [-0.4, -0.2) is 58.9 Å². The Hall–Kier alpha value is -2.08. The minimum Gasteiger partial charge on any atom is -0.504 e. The van der Waals surface area contributed by atoms with Crippen LogP contribution in [0.5, 0.6) is 11.5 Å². The molecule has 5 nitrogen and oxygen atoms in total. The molecule has 1 unspecified atom stereocenters. The first-order valence-electron chi connectivity index (χ1n) is 10.2. The lowest BCUT2D eigenvalue weighted by Crippen LogP contribution is -2.52. The van der Waals surface area contributed by atoms with Crippen molar-refractivity contribution in [3.63, 3.8) is 0 Å². The second-order valence-electron chi connectivity index (χ2n) is 7.50. The molecule has 2 aromatic carbocycles. The molecule has 1 aliphatic heterocycles.